The summed E-state index contributed by atoms with van der Waals surface area (Å²) in [4.78, 5) is 0. The van der Waals surface area contributed by atoms with E-state index in [-0.39, 0.29) is 0 Å². The van der Waals surface area contributed by atoms with E-state index in [1.807, 2.05) is 7.05 Å². The summed E-state index contributed by atoms with van der Waals surface area (Å²) >= 11 is 1.74. The van der Waals surface area contributed by atoms with E-state index in [1.165, 1.54) is 32.1 Å². The second-order valence-electron chi connectivity index (χ2n) is 4.69. The van der Waals surface area contributed by atoms with Crippen LogP contribution in [0.15, 0.2) is 5.16 Å². The van der Waals surface area contributed by atoms with Gasteiger partial charge in [0.2, 0.25) is 5.16 Å². The molecule has 1 aromatic heterocycles. The third-order valence-electron chi connectivity index (χ3n) is 3.56. The molecule has 1 fully saturated rings. The molecule has 0 radical (unpaired) electrons. The highest BCUT2D eigenvalue weighted by Gasteiger charge is 2.22. The van der Waals surface area contributed by atoms with Gasteiger partial charge in [-0.05, 0) is 36.2 Å². The van der Waals surface area contributed by atoms with Gasteiger partial charge in [-0.1, -0.05) is 31.0 Å². The molecule has 96 valence electrons. The summed E-state index contributed by atoms with van der Waals surface area (Å²) in [5, 5.41) is 15.9. The van der Waals surface area contributed by atoms with Gasteiger partial charge in [0.05, 0.1) is 0 Å². The molecule has 1 unspecified atom stereocenters. The molecule has 1 heterocycles. The number of hydrogen-bond donors (Lipinski definition) is 1. The first-order valence-corrected chi connectivity index (χ1v) is 7.32. The molecule has 1 aromatic rings. The number of nitrogens with zero attached hydrogens (tertiary/aromatic N) is 4. The molecule has 0 bridgehead atoms. The minimum Gasteiger partial charge on any atom is -0.316 e. The molecule has 0 amide bonds. The molecule has 1 N–H and O–H groups in total. The van der Waals surface area contributed by atoms with Gasteiger partial charge < -0.3 is 5.32 Å². The number of aromatic nitrogens is 4. The van der Waals surface area contributed by atoms with Crippen LogP contribution in [0, 0.1) is 5.92 Å². The van der Waals surface area contributed by atoms with Crippen LogP contribution in [0.4, 0.5) is 0 Å². The van der Waals surface area contributed by atoms with Crippen molar-refractivity contribution < 1.29 is 0 Å². The highest BCUT2D eigenvalue weighted by molar-refractivity contribution is 7.99. The first-order chi connectivity index (χ1) is 8.31. The summed E-state index contributed by atoms with van der Waals surface area (Å²) in [6.07, 6.45) is 6.91. The van der Waals surface area contributed by atoms with Crippen molar-refractivity contribution in [2.45, 2.75) is 43.3 Å². The fraction of sp³-hybridized carbons (Fsp3) is 0.909. The summed E-state index contributed by atoms with van der Waals surface area (Å²) in [5.74, 6) is 1.87. The van der Waals surface area contributed by atoms with Crippen LogP contribution in [0.1, 0.15) is 32.1 Å². The second kappa shape index (κ2) is 6.35. The highest BCUT2D eigenvalue weighted by Crippen LogP contribution is 2.28. The summed E-state index contributed by atoms with van der Waals surface area (Å²) in [5.41, 5.74) is 0. The molecule has 1 atom stereocenters. The van der Waals surface area contributed by atoms with Gasteiger partial charge in [-0.2, -0.15) is 0 Å². The molecule has 1 aliphatic rings. The van der Waals surface area contributed by atoms with Crippen LogP contribution in [0.3, 0.4) is 0 Å². The van der Waals surface area contributed by atoms with E-state index in [0.717, 1.165) is 16.8 Å². The van der Waals surface area contributed by atoms with E-state index in [0.29, 0.717) is 6.04 Å². The largest absolute Gasteiger partial charge is 0.316 e. The highest BCUT2D eigenvalue weighted by atomic mass is 32.2. The van der Waals surface area contributed by atoms with E-state index in [4.69, 9.17) is 0 Å². The van der Waals surface area contributed by atoms with Crippen molar-refractivity contribution in [3.8, 4) is 0 Å². The lowest BCUT2D eigenvalue weighted by molar-refractivity contribution is 0.294. The van der Waals surface area contributed by atoms with Crippen LogP contribution >= 0.6 is 11.8 Å². The van der Waals surface area contributed by atoms with Crippen molar-refractivity contribution in [3.05, 3.63) is 0 Å². The van der Waals surface area contributed by atoms with Crippen LogP contribution in [-0.4, -0.2) is 39.0 Å². The maximum atomic E-state index is 4.00. The Bertz CT molecular complexity index is 334. The normalized spacial score (nSPS) is 19.4. The number of hydrogen-bond acceptors (Lipinski definition) is 5. The van der Waals surface area contributed by atoms with Crippen LogP contribution in [0.2, 0.25) is 0 Å². The van der Waals surface area contributed by atoms with E-state index in [1.54, 1.807) is 16.4 Å². The van der Waals surface area contributed by atoms with E-state index in [9.17, 15) is 0 Å². The molecular formula is C11H21N5S. The average molecular weight is 255 g/mol. The van der Waals surface area contributed by atoms with Crippen molar-refractivity contribution in [3.63, 3.8) is 0 Å². The fourth-order valence-corrected chi connectivity index (χ4v) is 3.58. The molecule has 0 saturated heterocycles. The van der Waals surface area contributed by atoms with Gasteiger partial charge in [0.1, 0.15) is 0 Å². The molecule has 6 heteroatoms. The van der Waals surface area contributed by atoms with Crippen molar-refractivity contribution >= 4 is 11.8 Å². The predicted octanol–water partition coefficient (Wildman–Crippen LogP) is 1.47. The number of thioether (sulfide) groups is 1. The zero-order valence-electron chi connectivity index (χ0n) is 10.6. The van der Waals surface area contributed by atoms with Crippen molar-refractivity contribution in [2.75, 3.05) is 12.8 Å². The maximum absolute atomic E-state index is 4.00. The Hall–Kier alpha value is -0.620. The summed E-state index contributed by atoms with van der Waals surface area (Å²) < 4.78 is 1.73. The standard InChI is InChI=1S/C11H21N5S/c1-12-10(9-6-4-3-5-7-9)8-17-11-13-14-15-16(11)2/h9-10,12H,3-8H2,1-2H3. The van der Waals surface area contributed by atoms with Gasteiger partial charge in [0, 0.05) is 18.8 Å². The van der Waals surface area contributed by atoms with Gasteiger partial charge in [-0.3, -0.25) is 0 Å². The zero-order valence-corrected chi connectivity index (χ0v) is 11.4. The zero-order chi connectivity index (χ0) is 12.1. The topological polar surface area (TPSA) is 55.6 Å². The average Bonchev–Trinajstić information content (AvgIpc) is 2.77. The monoisotopic (exact) mass is 255 g/mol. The molecule has 1 saturated carbocycles. The third-order valence-corrected chi connectivity index (χ3v) is 4.69. The Labute approximate surface area is 107 Å². The quantitative estimate of drug-likeness (QED) is 0.808. The minimum atomic E-state index is 0.581. The Balaban J connectivity index is 1.84. The van der Waals surface area contributed by atoms with E-state index < -0.39 is 0 Å². The van der Waals surface area contributed by atoms with Gasteiger partial charge in [0.25, 0.3) is 0 Å². The Morgan fingerprint density at radius 2 is 2.18 bits per heavy atom. The Morgan fingerprint density at radius 3 is 2.76 bits per heavy atom. The van der Waals surface area contributed by atoms with Gasteiger partial charge in [-0.15, -0.1) is 5.10 Å². The molecule has 0 aliphatic heterocycles. The molecular weight excluding hydrogens is 234 g/mol. The summed E-state index contributed by atoms with van der Waals surface area (Å²) in [7, 11) is 3.95. The van der Waals surface area contributed by atoms with Crippen LogP contribution in [-0.2, 0) is 7.05 Å². The first kappa shape index (κ1) is 12.8. The molecule has 17 heavy (non-hydrogen) atoms. The summed E-state index contributed by atoms with van der Waals surface area (Å²) in [6.45, 7) is 0. The fourth-order valence-electron chi connectivity index (χ4n) is 2.50. The lowest BCUT2D eigenvalue weighted by Gasteiger charge is -2.29. The Morgan fingerprint density at radius 1 is 1.41 bits per heavy atom. The van der Waals surface area contributed by atoms with Crippen LogP contribution in [0.25, 0.3) is 0 Å². The predicted molar refractivity (Wildman–Crippen MR) is 68.9 cm³/mol. The molecule has 0 spiro atoms. The third kappa shape index (κ3) is 3.42. The van der Waals surface area contributed by atoms with Gasteiger partial charge in [-0.25, -0.2) is 4.68 Å². The van der Waals surface area contributed by atoms with Crippen molar-refractivity contribution in [1.82, 2.24) is 25.5 Å². The number of rotatable bonds is 5. The van der Waals surface area contributed by atoms with Crippen molar-refractivity contribution in [2.24, 2.45) is 13.0 Å². The molecule has 1 aliphatic carbocycles. The smallest absolute Gasteiger partial charge is 0.209 e. The van der Waals surface area contributed by atoms with Crippen LogP contribution < -0.4 is 5.32 Å². The van der Waals surface area contributed by atoms with Gasteiger partial charge >= 0.3 is 0 Å². The molecule has 5 nitrogen and oxygen atoms in total. The van der Waals surface area contributed by atoms with Crippen molar-refractivity contribution in [1.29, 1.82) is 0 Å². The first-order valence-electron chi connectivity index (χ1n) is 6.33. The number of aryl methyl sites for hydroxylation is 1. The molecule has 0 aromatic carbocycles. The SMILES string of the molecule is CNC(CSc1nnnn1C)C1CCCCC1. The lowest BCUT2D eigenvalue weighted by atomic mass is 9.84. The second-order valence-corrected chi connectivity index (χ2v) is 5.68. The summed E-state index contributed by atoms with van der Waals surface area (Å²) in [6, 6.07) is 0.581. The van der Waals surface area contributed by atoms with E-state index in [2.05, 4.69) is 27.9 Å². The Kier molecular flexibility index (Phi) is 4.79. The van der Waals surface area contributed by atoms with Crippen LogP contribution in [0.5, 0.6) is 0 Å². The minimum absolute atomic E-state index is 0.581. The number of nitrogens with one attached hydrogen (secondary N) is 1. The van der Waals surface area contributed by atoms with Gasteiger partial charge in [0.15, 0.2) is 0 Å². The molecule has 2 rings (SSSR count). The maximum Gasteiger partial charge on any atom is 0.209 e. The van der Waals surface area contributed by atoms with E-state index >= 15 is 0 Å². The number of tetrazole rings is 1. The lowest BCUT2D eigenvalue weighted by Crippen LogP contribution is -2.37.